The summed E-state index contributed by atoms with van der Waals surface area (Å²) >= 11 is 0. The van der Waals surface area contributed by atoms with Crippen molar-refractivity contribution in [3.8, 4) is 5.75 Å². The summed E-state index contributed by atoms with van der Waals surface area (Å²) in [6.45, 7) is 0.608. The Morgan fingerprint density at radius 1 is 1.03 bits per heavy atom. The van der Waals surface area contributed by atoms with Crippen LogP contribution in [0.3, 0.4) is 0 Å². The average molecular weight is 454 g/mol. The van der Waals surface area contributed by atoms with E-state index in [1.165, 1.54) is 52.7 Å². The average Bonchev–Trinajstić information content (AvgIpc) is 2.77. The summed E-state index contributed by atoms with van der Waals surface area (Å²) in [5.74, 6) is 0.154. The number of alkyl halides is 3. The second-order valence-electron chi connectivity index (χ2n) is 6.86. The standard InChI is InChI=1S/C21H21F3N2O4S/c1-30-18-6-8-19(9-7-18)31(28,29)26-13-11-25(12-14-26)20(27)10-5-16-3-2-4-17(15-16)21(22,23)24/h2-10,15H,11-14H2,1H3/b10-5+. The van der Waals surface area contributed by atoms with E-state index in [0.29, 0.717) is 5.75 Å². The predicted octanol–water partition coefficient (Wildman–Crippen LogP) is 3.26. The van der Waals surface area contributed by atoms with E-state index in [-0.39, 0.29) is 42.5 Å². The Morgan fingerprint density at radius 2 is 1.68 bits per heavy atom. The molecule has 0 saturated carbocycles. The Bertz CT molecular complexity index is 1060. The van der Waals surface area contributed by atoms with Crippen LogP contribution in [0.4, 0.5) is 13.2 Å². The highest BCUT2D eigenvalue weighted by molar-refractivity contribution is 7.89. The zero-order valence-electron chi connectivity index (χ0n) is 16.7. The number of nitrogens with zero attached hydrogens (tertiary/aromatic N) is 2. The highest BCUT2D eigenvalue weighted by atomic mass is 32.2. The fourth-order valence-corrected chi connectivity index (χ4v) is 4.56. The van der Waals surface area contributed by atoms with Crippen LogP contribution in [0.15, 0.2) is 59.5 Å². The predicted molar refractivity (Wildman–Crippen MR) is 109 cm³/mol. The number of ether oxygens (including phenoxy) is 1. The van der Waals surface area contributed by atoms with E-state index in [9.17, 15) is 26.4 Å². The van der Waals surface area contributed by atoms with Crippen molar-refractivity contribution >= 4 is 22.0 Å². The molecular formula is C21H21F3N2O4S. The molecule has 6 nitrogen and oxygen atoms in total. The van der Waals surface area contributed by atoms with E-state index in [0.717, 1.165) is 12.1 Å². The molecule has 0 atom stereocenters. The molecule has 0 aliphatic carbocycles. The molecule has 31 heavy (non-hydrogen) atoms. The second kappa shape index (κ2) is 9.11. The first kappa shape index (κ1) is 22.8. The first-order valence-corrected chi connectivity index (χ1v) is 10.8. The SMILES string of the molecule is COc1ccc(S(=O)(=O)N2CCN(C(=O)/C=C/c3cccc(C(F)(F)F)c3)CC2)cc1. The minimum absolute atomic E-state index is 0.123. The third-order valence-electron chi connectivity index (χ3n) is 4.88. The fourth-order valence-electron chi connectivity index (χ4n) is 3.14. The lowest BCUT2D eigenvalue weighted by molar-refractivity contribution is -0.137. The minimum Gasteiger partial charge on any atom is -0.497 e. The Labute approximate surface area is 178 Å². The first-order chi connectivity index (χ1) is 14.6. The Balaban J connectivity index is 1.61. The lowest BCUT2D eigenvalue weighted by Gasteiger charge is -2.33. The summed E-state index contributed by atoms with van der Waals surface area (Å²) in [7, 11) is -2.21. The van der Waals surface area contributed by atoms with Crippen molar-refractivity contribution in [1.82, 2.24) is 9.21 Å². The molecule has 1 fully saturated rings. The van der Waals surface area contributed by atoms with Gasteiger partial charge in [-0.15, -0.1) is 0 Å². The van der Waals surface area contributed by atoms with Crippen LogP contribution >= 0.6 is 0 Å². The van der Waals surface area contributed by atoms with Gasteiger partial charge in [0, 0.05) is 32.3 Å². The van der Waals surface area contributed by atoms with Crippen molar-refractivity contribution in [2.24, 2.45) is 0 Å². The van der Waals surface area contributed by atoms with Gasteiger partial charge in [-0.3, -0.25) is 4.79 Å². The Morgan fingerprint density at radius 3 is 2.26 bits per heavy atom. The molecule has 1 amide bonds. The zero-order valence-corrected chi connectivity index (χ0v) is 17.5. The van der Waals surface area contributed by atoms with Gasteiger partial charge in [0.1, 0.15) is 5.75 Å². The molecular weight excluding hydrogens is 433 g/mol. The summed E-state index contributed by atoms with van der Waals surface area (Å²) in [6, 6.07) is 10.7. The van der Waals surface area contributed by atoms with E-state index >= 15 is 0 Å². The third-order valence-corrected chi connectivity index (χ3v) is 6.79. The number of carbonyl (C=O) groups excluding carboxylic acids is 1. The van der Waals surface area contributed by atoms with Crippen LogP contribution < -0.4 is 4.74 Å². The zero-order chi connectivity index (χ0) is 22.6. The van der Waals surface area contributed by atoms with Crippen LogP contribution in [0.25, 0.3) is 6.08 Å². The quantitative estimate of drug-likeness (QED) is 0.651. The number of carbonyl (C=O) groups is 1. The van der Waals surface area contributed by atoms with Gasteiger partial charge in [-0.2, -0.15) is 17.5 Å². The third kappa shape index (κ3) is 5.45. The van der Waals surface area contributed by atoms with Crippen LogP contribution in [0.5, 0.6) is 5.75 Å². The number of benzene rings is 2. The number of hydrogen-bond acceptors (Lipinski definition) is 4. The van der Waals surface area contributed by atoms with E-state index in [4.69, 9.17) is 4.74 Å². The number of rotatable bonds is 5. The fraction of sp³-hybridized carbons (Fsp3) is 0.286. The second-order valence-corrected chi connectivity index (χ2v) is 8.80. The normalized spacial score (nSPS) is 15.9. The van der Waals surface area contributed by atoms with Crippen LogP contribution in [0.1, 0.15) is 11.1 Å². The monoisotopic (exact) mass is 454 g/mol. The molecule has 1 heterocycles. The molecule has 0 radical (unpaired) electrons. The largest absolute Gasteiger partial charge is 0.497 e. The topological polar surface area (TPSA) is 66.9 Å². The molecule has 0 N–H and O–H groups in total. The van der Waals surface area contributed by atoms with Gasteiger partial charge in [0.15, 0.2) is 0 Å². The molecule has 1 aliphatic rings. The van der Waals surface area contributed by atoms with Gasteiger partial charge < -0.3 is 9.64 Å². The van der Waals surface area contributed by atoms with E-state index in [1.54, 1.807) is 12.1 Å². The Hall–Kier alpha value is -2.85. The van der Waals surface area contributed by atoms with Crippen molar-refractivity contribution < 1.29 is 31.1 Å². The van der Waals surface area contributed by atoms with Gasteiger partial charge in [0.25, 0.3) is 0 Å². The van der Waals surface area contributed by atoms with Gasteiger partial charge in [0.2, 0.25) is 15.9 Å². The number of sulfonamides is 1. The highest BCUT2D eigenvalue weighted by Crippen LogP contribution is 2.29. The molecule has 2 aromatic rings. The van der Waals surface area contributed by atoms with E-state index in [1.807, 2.05) is 0 Å². The lowest BCUT2D eigenvalue weighted by atomic mass is 10.1. The van der Waals surface area contributed by atoms with Crippen molar-refractivity contribution in [2.45, 2.75) is 11.1 Å². The lowest BCUT2D eigenvalue weighted by Crippen LogP contribution is -2.50. The number of hydrogen-bond donors (Lipinski definition) is 0. The smallest absolute Gasteiger partial charge is 0.416 e. The molecule has 0 unspecified atom stereocenters. The minimum atomic E-state index is -4.46. The summed E-state index contributed by atoms with van der Waals surface area (Å²) < 4.78 is 70.2. The molecule has 166 valence electrons. The molecule has 1 aliphatic heterocycles. The maximum Gasteiger partial charge on any atom is 0.416 e. The van der Waals surface area contributed by atoms with Gasteiger partial charge in [-0.05, 0) is 48.0 Å². The van der Waals surface area contributed by atoms with E-state index < -0.39 is 21.8 Å². The highest BCUT2D eigenvalue weighted by Gasteiger charge is 2.31. The Kier molecular flexibility index (Phi) is 6.71. The van der Waals surface area contributed by atoms with Crippen LogP contribution in [-0.2, 0) is 21.0 Å². The maximum atomic E-state index is 12.8. The number of amides is 1. The van der Waals surface area contributed by atoms with Crippen molar-refractivity contribution in [3.05, 3.63) is 65.7 Å². The van der Waals surface area contributed by atoms with Crippen molar-refractivity contribution in [2.75, 3.05) is 33.3 Å². The van der Waals surface area contributed by atoms with Gasteiger partial charge >= 0.3 is 6.18 Å². The molecule has 1 saturated heterocycles. The summed E-state index contributed by atoms with van der Waals surface area (Å²) in [5, 5.41) is 0. The molecule has 10 heteroatoms. The van der Waals surface area contributed by atoms with Crippen LogP contribution in [-0.4, -0.2) is 56.8 Å². The summed E-state index contributed by atoms with van der Waals surface area (Å²) in [6.07, 6.45) is -1.94. The van der Waals surface area contributed by atoms with Crippen LogP contribution in [0, 0.1) is 0 Å². The van der Waals surface area contributed by atoms with Crippen LogP contribution in [0.2, 0.25) is 0 Å². The summed E-state index contributed by atoms with van der Waals surface area (Å²) in [5.41, 5.74) is -0.539. The molecule has 2 aromatic carbocycles. The molecule has 0 bridgehead atoms. The number of halogens is 3. The summed E-state index contributed by atoms with van der Waals surface area (Å²) in [4.78, 5) is 14.0. The maximum absolute atomic E-state index is 12.8. The van der Waals surface area contributed by atoms with Crippen molar-refractivity contribution in [1.29, 1.82) is 0 Å². The number of piperazine rings is 1. The first-order valence-electron chi connectivity index (χ1n) is 9.40. The molecule has 3 rings (SSSR count). The van der Waals surface area contributed by atoms with Gasteiger partial charge in [0.05, 0.1) is 17.6 Å². The number of methoxy groups -OCH3 is 1. The van der Waals surface area contributed by atoms with Gasteiger partial charge in [-0.25, -0.2) is 8.42 Å². The molecule has 0 spiro atoms. The van der Waals surface area contributed by atoms with Gasteiger partial charge in [-0.1, -0.05) is 12.1 Å². The molecule has 0 aromatic heterocycles. The van der Waals surface area contributed by atoms with E-state index in [2.05, 4.69) is 0 Å². The van der Waals surface area contributed by atoms with Crippen molar-refractivity contribution in [3.63, 3.8) is 0 Å².